The molecule has 2 N–H and O–H groups in total. The number of hydrogen-bond donors (Lipinski definition) is 2. The zero-order valence-electron chi connectivity index (χ0n) is 22.5. The SMILES string of the molecule is CC/C=C/C=C/C=C/CCCCCCCCCC(=O)OCC(O)COCCC(C(=O)O)[N+](C)(C)C. The maximum atomic E-state index is 11.8. The van der Waals surface area contributed by atoms with Gasteiger partial charge in [-0.25, -0.2) is 4.79 Å². The minimum Gasteiger partial charge on any atom is -0.477 e. The number of hydrogen-bond acceptors (Lipinski definition) is 5. The third kappa shape index (κ3) is 21.1. The van der Waals surface area contributed by atoms with E-state index in [1.54, 1.807) is 0 Å². The van der Waals surface area contributed by atoms with Gasteiger partial charge in [-0.05, 0) is 25.7 Å². The first kappa shape index (κ1) is 33.0. The van der Waals surface area contributed by atoms with E-state index in [4.69, 9.17) is 9.47 Å². The third-order valence-electron chi connectivity index (χ3n) is 5.60. The lowest BCUT2D eigenvalue weighted by atomic mass is 10.1. The molecule has 0 heterocycles. The number of aliphatic hydroxyl groups excluding tert-OH is 1. The molecule has 0 bridgehead atoms. The van der Waals surface area contributed by atoms with Crippen LogP contribution in [0.15, 0.2) is 36.5 Å². The topological polar surface area (TPSA) is 93.1 Å². The molecule has 0 fully saturated rings. The number of carbonyl (C=O) groups excluding carboxylic acids is 1. The van der Waals surface area contributed by atoms with Gasteiger partial charge in [0.2, 0.25) is 0 Å². The zero-order chi connectivity index (χ0) is 26.4. The number of likely N-dealkylation sites (N-methyl/N-ethyl adjacent to an activating group) is 1. The van der Waals surface area contributed by atoms with Crippen molar-refractivity contribution in [3.8, 4) is 0 Å². The van der Waals surface area contributed by atoms with Gasteiger partial charge in [-0.3, -0.25) is 4.79 Å². The van der Waals surface area contributed by atoms with Crippen LogP contribution in [0.1, 0.15) is 77.6 Å². The highest BCUT2D eigenvalue weighted by molar-refractivity contribution is 5.72. The van der Waals surface area contributed by atoms with Crippen LogP contribution in [0, 0.1) is 0 Å². The maximum Gasteiger partial charge on any atom is 0.362 e. The van der Waals surface area contributed by atoms with Crippen molar-refractivity contribution in [1.29, 1.82) is 0 Å². The molecular formula is C28H50NO6+. The van der Waals surface area contributed by atoms with Gasteiger partial charge in [-0.2, -0.15) is 0 Å². The van der Waals surface area contributed by atoms with Gasteiger partial charge < -0.3 is 24.2 Å². The van der Waals surface area contributed by atoms with Crippen molar-refractivity contribution >= 4 is 11.9 Å². The van der Waals surface area contributed by atoms with Crippen molar-refractivity contribution in [1.82, 2.24) is 0 Å². The standard InChI is InChI=1S/C28H49NO6/c1-5-6-7-8-9-10-11-12-13-14-15-16-17-18-19-20-27(31)35-24-25(30)23-34-22-21-26(28(32)33)29(2,3)4/h6-11,25-26,30H,5,12-24H2,1-4H3/p+1/b7-6+,9-8+,11-10+. The molecule has 2 unspecified atom stereocenters. The Kier molecular flexibility index (Phi) is 20.1. The van der Waals surface area contributed by atoms with Crippen molar-refractivity contribution in [3.05, 3.63) is 36.5 Å². The minimum absolute atomic E-state index is 0.0134. The van der Waals surface area contributed by atoms with Crippen LogP contribution in [0.4, 0.5) is 0 Å². The van der Waals surface area contributed by atoms with Crippen LogP contribution in [0.25, 0.3) is 0 Å². The average Bonchev–Trinajstić information content (AvgIpc) is 2.79. The smallest absolute Gasteiger partial charge is 0.362 e. The number of nitrogens with zero attached hydrogens (tertiary/aromatic N) is 1. The summed E-state index contributed by atoms with van der Waals surface area (Å²) in [6.45, 7) is 2.26. The Balaban J connectivity index is 3.61. The molecule has 0 aromatic rings. The highest BCUT2D eigenvalue weighted by atomic mass is 16.5. The summed E-state index contributed by atoms with van der Waals surface area (Å²) in [6, 6.07) is -0.576. The van der Waals surface area contributed by atoms with Crippen molar-refractivity contribution in [3.63, 3.8) is 0 Å². The van der Waals surface area contributed by atoms with E-state index in [1.165, 1.54) is 25.7 Å². The summed E-state index contributed by atoms with van der Waals surface area (Å²) in [5.41, 5.74) is 0. The molecule has 35 heavy (non-hydrogen) atoms. The van der Waals surface area contributed by atoms with Crippen LogP contribution >= 0.6 is 0 Å². The average molecular weight is 497 g/mol. The van der Waals surface area contributed by atoms with Gasteiger partial charge in [-0.15, -0.1) is 0 Å². The molecule has 0 aliphatic carbocycles. The molecule has 0 aromatic carbocycles. The summed E-state index contributed by atoms with van der Waals surface area (Å²) in [4.78, 5) is 23.1. The molecule has 0 aliphatic heterocycles. The van der Waals surface area contributed by atoms with E-state index in [9.17, 15) is 19.8 Å². The normalized spacial score (nSPS) is 14.2. The molecule has 0 saturated carbocycles. The number of carbonyl (C=O) groups is 2. The summed E-state index contributed by atoms with van der Waals surface area (Å²) in [7, 11) is 5.46. The van der Waals surface area contributed by atoms with Crippen molar-refractivity contribution < 1.29 is 33.8 Å². The Morgan fingerprint density at radius 1 is 0.857 bits per heavy atom. The minimum atomic E-state index is -0.907. The van der Waals surface area contributed by atoms with Crippen molar-refractivity contribution in [2.45, 2.75) is 89.7 Å². The van der Waals surface area contributed by atoms with Crippen molar-refractivity contribution in [2.75, 3.05) is 41.0 Å². The van der Waals surface area contributed by atoms with Gasteiger partial charge in [-0.1, -0.05) is 75.5 Å². The van der Waals surface area contributed by atoms with Crippen LogP contribution in [0.3, 0.4) is 0 Å². The molecule has 7 heteroatoms. The van der Waals surface area contributed by atoms with Crippen LogP contribution in [0.2, 0.25) is 0 Å². The first-order valence-electron chi connectivity index (χ1n) is 13.1. The Morgan fingerprint density at radius 3 is 2.06 bits per heavy atom. The molecule has 7 nitrogen and oxygen atoms in total. The summed E-state index contributed by atoms with van der Waals surface area (Å²) < 4.78 is 10.8. The Labute approximate surface area is 213 Å². The molecule has 0 spiro atoms. The fourth-order valence-electron chi connectivity index (χ4n) is 3.50. The fourth-order valence-corrected chi connectivity index (χ4v) is 3.50. The molecule has 2 atom stereocenters. The van der Waals surface area contributed by atoms with Crippen LogP contribution in [-0.2, 0) is 19.1 Å². The number of esters is 1. The molecule has 0 aromatic heterocycles. The summed E-state index contributed by atoms with van der Waals surface area (Å²) in [5, 5.41) is 19.2. The predicted octanol–water partition coefficient (Wildman–Crippen LogP) is 5.05. The lowest BCUT2D eigenvalue weighted by molar-refractivity contribution is -0.887. The summed E-state index contributed by atoms with van der Waals surface area (Å²) in [6.07, 6.45) is 22.4. The number of unbranched alkanes of at least 4 members (excludes halogenated alkanes) is 7. The van der Waals surface area contributed by atoms with Crippen molar-refractivity contribution in [2.24, 2.45) is 0 Å². The Morgan fingerprint density at radius 2 is 1.46 bits per heavy atom. The highest BCUT2D eigenvalue weighted by Crippen LogP contribution is 2.11. The number of allylic oxidation sites excluding steroid dienone is 6. The van der Waals surface area contributed by atoms with E-state index in [0.29, 0.717) is 17.3 Å². The summed E-state index contributed by atoms with van der Waals surface area (Å²) in [5.74, 6) is -1.17. The number of quaternary nitrogens is 1. The molecule has 0 radical (unpaired) electrons. The zero-order valence-corrected chi connectivity index (χ0v) is 22.5. The number of ether oxygens (including phenoxy) is 2. The number of rotatable bonds is 22. The van der Waals surface area contributed by atoms with E-state index < -0.39 is 18.1 Å². The summed E-state index contributed by atoms with van der Waals surface area (Å²) >= 11 is 0. The molecular weight excluding hydrogens is 446 g/mol. The molecule has 202 valence electrons. The van der Waals surface area contributed by atoms with Crippen LogP contribution < -0.4 is 0 Å². The quantitative estimate of drug-likeness (QED) is 0.0943. The van der Waals surface area contributed by atoms with Gasteiger partial charge in [0.25, 0.3) is 0 Å². The van der Waals surface area contributed by atoms with E-state index >= 15 is 0 Å². The fraction of sp³-hybridized carbons (Fsp3) is 0.714. The molecule has 0 amide bonds. The number of carboxylic acids is 1. The molecule has 0 rings (SSSR count). The van der Waals surface area contributed by atoms with Gasteiger partial charge in [0.05, 0.1) is 34.4 Å². The highest BCUT2D eigenvalue weighted by Gasteiger charge is 2.30. The first-order valence-corrected chi connectivity index (χ1v) is 13.1. The second-order valence-electron chi connectivity index (χ2n) is 9.83. The number of carboxylic acid groups (broad SMARTS) is 1. The second kappa shape index (κ2) is 21.3. The lowest BCUT2D eigenvalue weighted by Crippen LogP contribution is -2.50. The van der Waals surface area contributed by atoms with E-state index in [1.807, 2.05) is 21.1 Å². The lowest BCUT2D eigenvalue weighted by Gasteiger charge is -2.31. The molecule has 0 aliphatic rings. The Hall–Kier alpha value is -1.96. The van der Waals surface area contributed by atoms with E-state index in [2.05, 4.69) is 43.4 Å². The first-order chi connectivity index (χ1) is 16.7. The number of aliphatic carboxylic acids is 1. The van der Waals surface area contributed by atoms with Gasteiger partial charge in [0, 0.05) is 12.8 Å². The van der Waals surface area contributed by atoms with Gasteiger partial charge >= 0.3 is 11.9 Å². The van der Waals surface area contributed by atoms with Gasteiger partial charge in [0.15, 0.2) is 6.04 Å². The monoisotopic (exact) mass is 496 g/mol. The maximum absolute atomic E-state index is 11.8. The second-order valence-corrected chi connectivity index (χ2v) is 9.83. The predicted molar refractivity (Wildman–Crippen MR) is 141 cm³/mol. The van der Waals surface area contributed by atoms with E-state index in [-0.39, 0.29) is 25.8 Å². The third-order valence-corrected chi connectivity index (χ3v) is 5.60. The number of aliphatic hydroxyl groups is 1. The molecule has 0 saturated heterocycles. The van der Waals surface area contributed by atoms with Crippen LogP contribution in [0.5, 0.6) is 0 Å². The van der Waals surface area contributed by atoms with Crippen LogP contribution in [-0.4, -0.2) is 79.7 Å². The van der Waals surface area contributed by atoms with E-state index in [0.717, 1.165) is 32.1 Å². The Bertz CT molecular complexity index is 636. The largest absolute Gasteiger partial charge is 0.477 e. The van der Waals surface area contributed by atoms with Gasteiger partial charge in [0.1, 0.15) is 12.7 Å².